The van der Waals surface area contributed by atoms with Gasteiger partial charge in [0.25, 0.3) is 0 Å². The van der Waals surface area contributed by atoms with Gasteiger partial charge in [-0.1, -0.05) is 11.8 Å². The third-order valence-electron chi connectivity index (χ3n) is 5.15. The van der Waals surface area contributed by atoms with E-state index in [0.717, 1.165) is 64.5 Å². The Kier molecular flexibility index (Phi) is 4.02. The van der Waals surface area contributed by atoms with E-state index in [2.05, 4.69) is 50.0 Å². The average molecular weight is 365 g/mol. The van der Waals surface area contributed by atoms with Crippen LogP contribution in [0.3, 0.4) is 0 Å². The summed E-state index contributed by atoms with van der Waals surface area (Å²) in [7, 11) is 0. The molecule has 28 heavy (non-hydrogen) atoms. The maximum atomic E-state index is 5.92. The van der Waals surface area contributed by atoms with Crippen LogP contribution in [0.1, 0.15) is 35.2 Å². The summed E-state index contributed by atoms with van der Waals surface area (Å²) in [5.41, 5.74) is 13.4. The van der Waals surface area contributed by atoms with Gasteiger partial charge < -0.3 is 10.7 Å². The Morgan fingerprint density at radius 3 is 2.68 bits per heavy atom. The first-order valence-electron chi connectivity index (χ1n) is 9.46. The molecule has 0 bridgehead atoms. The van der Waals surface area contributed by atoms with Crippen molar-refractivity contribution < 1.29 is 0 Å². The highest BCUT2D eigenvalue weighted by molar-refractivity contribution is 5.98. The van der Waals surface area contributed by atoms with Crippen molar-refractivity contribution in [3.05, 3.63) is 71.3 Å². The molecule has 1 aliphatic carbocycles. The molecule has 3 heterocycles. The fourth-order valence-electron chi connectivity index (χ4n) is 3.80. The first kappa shape index (κ1) is 16.5. The molecule has 5 rings (SSSR count). The Bertz CT molecular complexity index is 1230. The van der Waals surface area contributed by atoms with Crippen LogP contribution >= 0.6 is 0 Å². The minimum Gasteiger partial charge on any atom is -0.368 e. The summed E-state index contributed by atoms with van der Waals surface area (Å²) in [5, 5.41) is 1.14. The molecule has 5 heteroatoms. The number of pyridine rings is 1. The number of aromatic amines is 1. The lowest BCUT2D eigenvalue weighted by Crippen LogP contribution is -2.05. The van der Waals surface area contributed by atoms with Crippen LogP contribution in [0.5, 0.6) is 0 Å². The topological polar surface area (TPSA) is 80.5 Å². The molecule has 1 aliphatic rings. The molecule has 3 aromatic heterocycles. The molecule has 0 radical (unpaired) electrons. The van der Waals surface area contributed by atoms with Gasteiger partial charge in [0.2, 0.25) is 5.95 Å². The van der Waals surface area contributed by atoms with Crippen LogP contribution in [0, 0.1) is 11.8 Å². The lowest BCUT2D eigenvalue weighted by Gasteiger charge is -2.14. The maximum Gasteiger partial charge on any atom is 0.220 e. The van der Waals surface area contributed by atoms with Crippen LogP contribution in [0.15, 0.2) is 48.9 Å². The predicted octanol–water partition coefficient (Wildman–Crippen LogP) is 3.88. The smallest absolute Gasteiger partial charge is 0.220 e. The van der Waals surface area contributed by atoms with Crippen LogP contribution in [-0.2, 0) is 12.8 Å². The fourth-order valence-corrected chi connectivity index (χ4v) is 3.80. The molecule has 0 unspecified atom stereocenters. The number of benzene rings is 1. The second-order valence-electron chi connectivity index (χ2n) is 7.03. The Hall–Kier alpha value is -3.65. The SMILES string of the molecule is Nc1ncc2c(n1)-c1c([nH]c3ccc(C#Cc4ccncc4)cc13)CCCC2. The monoisotopic (exact) mass is 365 g/mol. The molecule has 0 amide bonds. The minimum atomic E-state index is 0.313. The summed E-state index contributed by atoms with van der Waals surface area (Å²) in [6.45, 7) is 0. The van der Waals surface area contributed by atoms with Gasteiger partial charge in [0.1, 0.15) is 0 Å². The van der Waals surface area contributed by atoms with Crippen molar-refractivity contribution in [2.45, 2.75) is 25.7 Å². The van der Waals surface area contributed by atoms with E-state index in [1.807, 2.05) is 18.3 Å². The van der Waals surface area contributed by atoms with Gasteiger partial charge in [-0.3, -0.25) is 4.98 Å². The molecule has 0 saturated heterocycles. The molecule has 0 aliphatic heterocycles. The Morgan fingerprint density at radius 1 is 0.964 bits per heavy atom. The number of hydrogen-bond donors (Lipinski definition) is 2. The maximum absolute atomic E-state index is 5.92. The number of aromatic nitrogens is 4. The molecule has 0 saturated carbocycles. The largest absolute Gasteiger partial charge is 0.368 e. The van der Waals surface area contributed by atoms with Crippen LogP contribution in [0.25, 0.3) is 22.2 Å². The predicted molar refractivity (Wildman–Crippen MR) is 111 cm³/mol. The molecule has 0 atom stereocenters. The zero-order chi connectivity index (χ0) is 18.9. The number of nitrogens with one attached hydrogen (secondary N) is 1. The molecule has 1 aromatic carbocycles. The third-order valence-corrected chi connectivity index (χ3v) is 5.15. The van der Waals surface area contributed by atoms with Crippen molar-refractivity contribution in [1.29, 1.82) is 0 Å². The molecule has 136 valence electrons. The van der Waals surface area contributed by atoms with Gasteiger partial charge in [-0.2, -0.15) is 0 Å². The lowest BCUT2D eigenvalue weighted by molar-refractivity contribution is 0.717. The van der Waals surface area contributed by atoms with Crippen molar-refractivity contribution in [3.8, 4) is 23.1 Å². The molecule has 0 fully saturated rings. The van der Waals surface area contributed by atoms with Crippen LogP contribution in [0.2, 0.25) is 0 Å². The molecule has 0 spiro atoms. The van der Waals surface area contributed by atoms with Gasteiger partial charge >= 0.3 is 0 Å². The Morgan fingerprint density at radius 2 is 1.79 bits per heavy atom. The fraction of sp³-hybridized carbons (Fsp3) is 0.174. The standard InChI is InChI=1S/C23H19N5/c24-23-26-14-17-3-1-2-4-20-21(22(17)28-23)18-13-16(7-8-19(18)27-20)6-5-15-9-11-25-12-10-15/h7-14,27H,1-4H2,(H2,24,26,28). The number of hydrogen-bond acceptors (Lipinski definition) is 4. The highest BCUT2D eigenvalue weighted by atomic mass is 15.0. The summed E-state index contributed by atoms with van der Waals surface area (Å²) < 4.78 is 0. The minimum absolute atomic E-state index is 0.313. The number of fused-ring (bicyclic) bond motifs is 5. The number of anilines is 1. The number of H-pyrrole nitrogens is 1. The Labute approximate surface area is 163 Å². The molecule has 5 nitrogen and oxygen atoms in total. The average Bonchev–Trinajstić information content (AvgIpc) is 3.06. The van der Waals surface area contributed by atoms with E-state index in [-0.39, 0.29) is 0 Å². The van der Waals surface area contributed by atoms with E-state index in [4.69, 9.17) is 5.73 Å². The van der Waals surface area contributed by atoms with Crippen molar-refractivity contribution in [1.82, 2.24) is 19.9 Å². The van der Waals surface area contributed by atoms with Gasteiger partial charge in [0, 0.05) is 51.9 Å². The van der Waals surface area contributed by atoms with Crippen molar-refractivity contribution >= 4 is 16.9 Å². The first-order valence-corrected chi connectivity index (χ1v) is 9.46. The quantitative estimate of drug-likeness (QED) is 0.463. The second kappa shape index (κ2) is 6.82. The van der Waals surface area contributed by atoms with Crippen LogP contribution in [0.4, 0.5) is 5.95 Å². The number of nitrogen functional groups attached to an aromatic ring is 1. The number of nitrogens with zero attached hydrogens (tertiary/aromatic N) is 3. The van der Waals surface area contributed by atoms with Gasteiger partial charge in [0.05, 0.1) is 5.69 Å². The van der Waals surface area contributed by atoms with Crippen molar-refractivity contribution in [2.75, 3.05) is 5.73 Å². The molecular formula is C23H19N5. The lowest BCUT2D eigenvalue weighted by atomic mass is 9.94. The van der Waals surface area contributed by atoms with E-state index in [1.165, 1.54) is 5.69 Å². The highest BCUT2D eigenvalue weighted by Gasteiger charge is 2.20. The van der Waals surface area contributed by atoms with Gasteiger partial charge in [0.15, 0.2) is 0 Å². The normalized spacial score (nSPS) is 13.0. The summed E-state index contributed by atoms with van der Waals surface area (Å²) >= 11 is 0. The highest BCUT2D eigenvalue weighted by Crippen LogP contribution is 2.36. The zero-order valence-corrected chi connectivity index (χ0v) is 15.4. The summed E-state index contributed by atoms with van der Waals surface area (Å²) in [5.74, 6) is 6.78. The van der Waals surface area contributed by atoms with Crippen molar-refractivity contribution in [3.63, 3.8) is 0 Å². The van der Waals surface area contributed by atoms with Crippen molar-refractivity contribution in [2.24, 2.45) is 0 Å². The zero-order valence-electron chi connectivity index (χ0n) is 15.4. The molecule has 3 N–H and O–H groups in total. The third kappa shape index (κ3) is 2.99. The van der Waals surface area contributed by atoms with Gasteiger partial charge in [-0.05, 0) is 61.6 Å². The van der Waals surface area contributed by atoms with Crippen LogP contribution in [-0.4, -0.2) is 19.9 Å². The second-order valence-corrected chi connectivity index (χ2v) is 7.03. The van der Waals surface area contributed by atoms with E-state index in [9.17, 15) is 0 Å². The van der Waals surface area contributed by atoms with Gasteiger partial charge in [-0.25, -0.2) is 9.97 Å². The molecule has 4 aromatic rings. The summed E-state index contributed by atoms with van der Waals surface area (Å²) in [6.07, 6.45) is 9.62. The van der Waals surface area contributed by atoms with E-state index < -0.39 is 0 Å². The first-order chi connectivity index (χ1) is 13.8. The summed E-state index contributed by atoms with van der Waals surface area (Å²) in [6, 6.07) is 10.1. The van der Waals surface area contributed by atoms with Gasteiger partial charge in [-0.15, -0.1) is 0 Å². The van der Waals surface area contributed by atoms with Crippen LogP contribution < -0.4 is 5.73 Å². The number of aryl methyl sites for hydroxylation is 2. The molecular weight excluding hydrogens is 346 g/mol. The Balaban J connectivity index is 1.68. The number of nitrogens with two attached hydrogens (primary N) is 1. The van der Waals surface area contributed by atoms with E-state index in [1.54, 1.807) is 12.4 Å². The number of rotatable bonds is 0. The van der Waals surface area contributed by atoms with E-state index in [0.29, 0.717) is 5.95 Å². The van der Waals surface area contributed by atoms with E-state index >= 15 is 0 Å². The summed E-state index contributed by atoms with van der Waals surface area (Å²) in [4.78, 5) is 16.4.